The molecule has 104 valence electrons. The molecule has 0 saturated heterocycles. The number of nitrogens with zero attached hydrogens (tertiary/aromatic N) is 1. The monoisotopic (exact) mass is 260 g/mol. The molecule has 19 heavy (non-hydrogen) atoms. The second-order valence-corrected chi connectivity index (χ2v) is 5.64. The zero-order valence-corrected chi connectivity index (χ0v) is 12.3. The molecule has 1 aromatic carbocycles. The van der Waals surface area contributed by atoms with Crippen LogP contribution in [0, 0.1) is 5.92 Å². The zero-order chi connectivity index (χ0) is 13.8. The van der Waals surface area contributed by atoms with Gasteiger partial charge in [0.2, 0.25) is 0 Å². The summed E-state index contributed by atoms with van der Waals surface area (Å²) in [6.45, 7) is 6.53. The van der Waals surface area contributed by atoms with Gasteiger partial charge in [-0.3, -0.25) is 0 Å². The minimum Gasteiger partial charge on any atom is -0.459 e. The van der Waals surface area contributed by atoms with E-state index in [1.165, 1.54) is 5.39 Å². The molecule has 2 aromatic rings. The van der Waals surface area contributed by atoms with Gasteiger partial charge in [-0.1, -0.05) is 32.0 Å². The van der Waals surface area contributed by atoms with Crippen LogP contribution in [0.5, 0.6) is 0 Å². The standard InChI is InChI=1S/C16H24N2O/c1-12(2)10-18(4)11-14(17-3)16-9-13-7-5-6-8-15(13)19-16/h5-9,12,14,17H,10-11H2,1-4H3. The Balaban J connectivity index is 2.12. The lowest BCUT2D eigenvalue weighted by atomic mass is 10.1. The summed E-state index contributed by atoms with van der Waals surface area (Å²) in [6.07, 6.45) is 0. The molecule has 2 rings (SSSR count). The van der Waals surface area contributed by atoms with E-state index in [-0.39, 0.29) is 6.04 Å². The van der Waals surface area contributed by atoms with Gasteiger partial charge in [-0.2, -0.15) is 0 Å². The van der Waals surface area contributed by atoms with Crippen molar-refractivity contribution in [3.05, 3.63) is 36.1 Å². The highest BCUT2D eigenvalue weighted by Gasteiger charge is 2.16. The fourth-order valence-corrected chi connectivity index (χ4v) is 2.51. The fourth-order valence-electron chi connectivity index (χ4n) is 2.51. The van der Waals surface area contributed by atoms with Crippen LogP contribution in [0.4, 0.5) is 0 Å². The predicted octanol–water partition coefficient (Wildman–Crippen LogP) is 3.28. The Bertz CT molecular complexity index is 485. The number of furan rings is 1. The zero-order valence-electron chi connectivity index (χ0n) is 12.3. The van der Waals surface area contributed by atoms with E-state index < -0.39 is 0 Å². The number of para-hydroxylation sites is 1. The average molecular weight is 260 g/mol. The Kier molecular flexibility index (Phi) is 4.61. The maximum absolute atomic E-state index is 5.94. The second kappa shape index (κ2) is 6.22. The van der Waals surface area contributed by atoms with E-state index >= 15 is 0 Å². The molecule has 1 atom stereocenters. The van der Waals surface area contributed by atoms with Crippen LogP contribution in [0.3, 0.4) is 0 Å². The lowest BCUT2D eigenvalue weighted by Crippen LogP contribution is -2.33. The summed E-state index contributed by atoms with van der Waals surface area (Å²) in [6, 6.07) is 10.5. The van der Waals surface area contributed by atoms with Crippen molar-refractivity contribution in [3.63, 3.8) is 0 Å². The third-order valence-electron chi connectivity index (χ3n) is 3.31. The third kappa shape index (κ3) is 3.58. The van der Waals surface area contributed by atoms with Gasteiger partial charge in [-0.25, -0.2) is 0 Å². The first-order valence-corrected chi connectivity index (χ1v) is 6.94. The Labute approximate surface area is 115 Å². The molecule has 0 saturated carbocycles. The molecule has 3 nitrogen and oxygen atoms in total. The van der Waals surface area contributed by atoms with Gasteiger partial charge in [0.05, 0.1) is 6.04 Å². The number of benzene rings is 1. The minimum absolute atomic E-state index is 0.233. The molecule has 0 aliphatic heterocycles. The lowest BCUT2D eigenvalue weighted by molar-refractivity contribution is 0.254. The van der Waals surface area contributed by atoms with Crippen LogP contribution >= 0.6 is 0 Å². The fraction of sp³-hybridized carbons (Fsp3) is 0.500. The Morgan fingerprint density at radius 1 is 1.21 bits per heavy atom. The molecule has 0 amide bonds. The summed E-state index contributed by atoms with van der Waals surface area (Å²) < 4.78 is 5.94. The highest BCUT2D eigenvalue weighted by Crippen LogP contribution is 2.24. The smallest absolute Gasteiger partial charge is 0.134 e. The van der Waals surface area contributed by atoms with Crippen molar-refractivity contribution in [1.29, 1.82) is 0 Å². The molecular weight excluding hydrogens is 236 g/mol. The molecule has 0 fully saturated rings. The molecule has 3 heteroatoms. The van der Waals surface area contributed by atoms with Crippen LogP contribution in [0.2, 0.25) is 0 Å². The largest absolute Gasteiger partial charge is 0.459 e. The van der Waals surface area contributed by atoms with Gasteiger partial charge in [0.25, 0.3) is 0 Å². The molecule has 1 aromatic heterocycles. The number of rotatable bonds is 6. The van der Waals surface area contributed by atoms with Crippen LogP contribution in [0.25, 0.3) is 11.0 Å². The van der Waals surface area contributed by atoms with E-state index in [0.717, 1.165) is 24.4 Å². The maximum Gasteiger partial charge on any atom is 0.134 e. The van der Waals surface area contributed by atoms with E-state index in [9.17, 15) is 0 Å². The summed E-state index contributed by atoms with van der Waals surface area (Å²) in [5, 5.41) is 4.52. The first kappa shape index (κ1) is 14.1. The van der Waals surface area contributed by atoms with Crippen LogP contribution in [-0.4, -0.2) is 32.1 Å². The van der Waals surface area contributed by atoms with Gasteiger partial charge in [-0.05, 0) is 32.1 Å². The number of hydrogen-bond donors (Lipinski definition) is 1. The van der Waals surface area contributed by atoms with E-state index in [0.29, 0.717) is 5.92 Å². The van der Waals surface area contributed by atoms with E-state index in [2.05, 4.69) is 43.2 Å². The molecular formula is C16H24N2O. The first-order valence-electron chi connectivity index (χ1n) is 6.94. The molecule has 0 aliphatic carbocycles. The summed E-state index contributed by atoms with van der Waals surface area (Å²) in [4.78, 5) is 2.35. The van der Waals surface area contributed by atoms with Crippen LogP contribution in [0.15, 0.2) is 34.7 Å². The van der Waals surface area contributed by atoms with Gasteiger partial charge in [0, 0.05) is 18.5 Å². The van der Waals surface area contributed by atoms with Gasteiger partial charge in [0.15, 0.2) is 0 Å². The van der Waals surface area contributed by atoms with Crippen LogP contribution in [0.1, 0.15) is 25.6 Å². The quantitative estimate of drug-likeness (QED) is 0.864. The SMILES string of the molecule is CNC(CN(C)CC(C)C)c1cc2ccccc2o1. The normalized spacial score (nSPS) is 13.6. The lowest BCUT2D eigenvalue weighted by Gasteiger charge is -2.23. The number of hydrogen-bond acceptors (Lipinski definition) is 3. The second-order valence-electron chi connectivity index (χ2n) is 5.64. The van der Waals surface area contributed by atoms with Gasteiger partial charge in [-0.15, -0.1) is 0 Å². The van der Waals surface area contributed by atoms with Crippen molar-refractivity contribution in [2.75, 3.05) is 27.2 Å². The molecule has 0 bridgehead atoms. The van der Waals surface area contributed by atoms with Gasteiger partial charge in [0.1, 0.15) is 11.3 Å². The van der Waals surface area contributed by atoms with Crippen LogP contribution in [-0.2, 0) is 0 Å². The Hall–Kier alpha value is -1.32. The average Bonchev–Trinajstić information content (AvgIpc) is 2.78. The van der Waals surface area contributed by atoms with E-state index in [1.807, 2.05) is 25.2 Å². The van der Waals surface area contributed by atoms with Crippen molar-refractivity contribution in [1.82, 2.24) is 10.2 Å². The number of likely N-dealkylation sites (N-methyl/N-ethyl adjacent to an activating group) is 2. The highest BCUT2D eigenvalue weighted by atomic mass is 16.3. The van der Waals surface area contributed by atoms with Crippen molar-refractivity contribution < 1.29 is 4.42 Å². The molecule has 0 radical (unpaired) electrons. The summed E-state index contributed by atoms with van der Waals surface area (Å²) >= 11 is 0. The Morgan fingerprint density at radius 2 is 1.95 bits per heavy atom. The summed E-state index contributed by atoms with van der Waals surface area (Å²) in [5.74, 6) is 1.69. The molecule has 0 spiro atoms. The van der Waals surface area contributed by atoms with Crippen molar-refractivity contribution in [2.24, 2.45) is 5.92 Å². The van der Waals surface area contributed by atoms with E-state index in [1.54, 1.807) is 0 Å². The van der Waals surface area contributed by atoms with Gasteiger partial charge >= 0.3 is 0 Å². The molecule has 1 heterocycles. The molecule has 1 unspecified atom stereocenters. The Morgan fingerprint density at radius 3 is 2.58 bits per heavy atom. The molecule has 0 aliphatic rings. The predicted molar refractivity (Wildman–Crippen MR) is 80.3 cm³/mol. The number of fused-ring (bicyclic) bond motifs is 1. The topological polar surface area (TPSA) is 28.4 Å². The maximum atomic E-state index is 5.94. The third-order valence-corrected chi connectivity index (χ3v) is 3.31. The summed E-state index contributed by atoms with van der Waals surface area (Å²) in [7, 11) is 4.15. The number of nitrogens with one attached hydrogen (secondary N) is 1. The molecule has 1 N–H and O–H groups in total. The van der Waals surface area contributed by atoms with Crippen molar-refractivity contribution >= 4 is 11.0 Å². The van der Waals surface area contributed by atoms with Crippen molar-refractivity contribution in [2.45, 2.75) is 19.9 Å². The van der Waals surface area contributed by atoms with Crippen molar-refractivity contribution in [3.8, 4) is 0 Å². The highest BCUT2D eigenvalue weighted by molar-refractivity contribution is 5.77. The van der Waals surface area contributed by atoms with Crippen LogP contribution < -0.4 is 5.32 Å². The minimum atomic E-state index is 0.233. The van der Waals surface area contributed by atoms with Gasteiger partial charge < -0.3 is 14.6 Å². The van der Waals surface area contributed by atoms with E-state index in [4.69, 9.17) is 4.42 Å². The first-order chi connectivity index (χ1) is 9.10. The summed E-state index contributed by atoms with van der Waals surface area (Å²) in [5.41, 5.74) is 0.962.